The first kappa shape index (κ1) is 16.0. The minimum Gasteiger partial charge on any atom is -0.316 e. The number of carbonyl (C=O) groups is 1. The molecule has 2 rings (SSSR count). The molecule has 0 saturated carbocycles. The number of thiophene rings is 1. The standard InChI is InChI=1S/C13H18ClNOS.ClH/c1-3-4-13(5-6-15-8-13)12(16)11-7-10(14)9(2)17-11;/h7,15H,3-6,8H2,1-2H3;1H. The van der Waals surface area contributed by atoms with Gasteiger partial charge in [0.2, 0.25) is 0 Å². The second kappa shape index (κ2) is 6.38. The number of halogens is 2. The van der Waals surface area contributed by atoms with Crippen LogP contribution in [0.4, 0.5) is 0 Å². The van der Waals surface area contributed by atoms with Crippen molar-refractivity contribution in [1.82, 2.24) is 5.32 Å². The van der Waals surface area contributed by atoms with Crippen LogP contribution in [-0.2, 0) is 0 Å². The van der Waals surface area contributed by atoms with Gasteiger partial charge in [-0.05, 0) is 32.4 Å². The molecule has 1 saturated heterocycles. The van der Waals surface area contributed by atoms with E-state index < -0.39 is 0 Å². The van der Waals surface area contributed by atoms with Gasteiger partial charge in [0.15, 0.2) is 5.78 Å². The summed E-state index contributed by atoms with van der Waals surface area (Å²) in [5.74, 6) is 0.282. The zero-order chi connectivity index (χ0) is 12.5. The average Bonchev–Trinajstić information content (AvgIpc) is 2.88. The zero-order valence-corrected chi connectivity index (χ0v) is 13.1. The quantitative estimate of drug-likeness (QED) is 0.849. The lowest BCUT2D eigenvalue weighted by molar-refractivity contribution is 0.0806. The molecule has 102 valence electrons. The lowest BCUT2D eigenvalue weighted by Crippen LogP contribution is -2.33. The molecule has 1 aliphatic heterocycles. The normalized spacial score (nSPS) is 22.8. The van der Waals surface area contributed by atoms with E-state index in [4.69, 9.17) is 11.6 Å². The van der Waals surface area contributed by atoms with Gasteiger partial charge in [0, 0.05) is 16.8 Å². The van der Waals surface area contributed by atoms with Crippen molar-refractivity contribution < 1.29 is 4.79 Å². The van der Waals surface area contributed by atoms with Crippen molar-refractivity contribution in [3.05, 3.63) is 20.8 Å². The van der Waals surface area contributed by atoms with Crippen LogP contribution < -0.4 is 5.32 Å². The van der Waals surface area contributed by atoms with E-state index in [0.717, 1.165) is 47.1 Å². The van der Waals surface area contributed by atoms with Crippen molar-refractivity contribution in [2.45, 2.75) is 33.1 Å². The van der Waals surface area contributed by atoms with E-state index in [0.29, 0.717) is 0 Å². The molecular weight excluding hydrogens is 289 g/mol. The third-order valence-electron chi connectivity index (χ3n) is 3.53. The highest BCUT2D eigenvalue weighted by molar-refractivity contribution is 7.14. The van der Waals surface area contributed by atoms with E-state index in [1.807, 2.05) is 13.0 Å². The van der Waals surface area contributed by atoms with Crippen molar-refractivity contribution >= 4 is 41.1 Å². The Bertz CT molecular complexity index is 405. The van der Waals surface area contributed by atoms with Gasteiger partial charge in [-0.15, -0.1) is 23.7 Å². The lowest BCUT2D eigenvalue weighted by Gasteiger charge is -2.25. The monoisotopic (exact) mass is 307 g/mol. The summed E-state index contributed by atoms with van der Waals surface area (Å²) in [6.45, 7) is 5.86. The van der Waals surface area contributed by atoms with E-state index in [2.05, 4.69) is 12.2 Å². The van der Waals surface area contributed by atoms with Crippen LogP contribution in [0.5, 0.6) is 0 Å². The number of Topliss-reactive ketones (excluding diaryl/α,β-unsaturated/α-hetero) is 1. The van der Waals surface area contributed by atoms with Crippen LogP contribution in [0.1, 0.15) is 40.7 Å². The van der Waals surface area contributed by atoms with Crippen LogP contribution in [0.3, 0.4) is 0 Å². The molecular formula is C13H19Cl2NOS. The van der Waals surface area contributed by atoms with Crippen LogP contribution in [0.15, 0.2) is 6.07 Å². The van der Waals surface area contributed by atoms with Crippen LogP contribution >= 0.6 is 35.3 Å². The molecule has 18 heavy (non-hydrogen) atoms. The molecule has 1 N–H and O–H groups in total. The summed E-state index contributed by atoms with van der Waals surface area (Å²) in [6.07, 6.45) is 2.97. The molecule has 0 aromatic carbocycles. The van der Waals surface area contributed by atoms with E-state index in [1.54, 1.807) is 0 Å². The SMILES string of the molecule is CCCC1(C(=O)c2cc(Cl)c(C)s2)CCNC1.Cl. The zero-order valence-electron chi connectivity index (χ0n) is 10.7. The number of nitrogens with one attached hydrogen (secondary N) is 1. The Morgan fingerprint density at radius 1 is 1.61 bits per heavy atom. The van der Waals surface area contributed by atoms with Gasteiger partial charge in [-0.25, -0.2) is 0 Å². The largest absolute Gasteiger partial charge is 0.316 e. The maximum Gasteiger partial charge on any atom is 0.180 e. The molecule has 1 unspecified atom stereocenters. The molecule has 1 fully saturated rings. The van der Waals surface area contributed by atoms with Gasteiger partial charge in [-0.1, -0.05) is 24.9 Å². The highest BCUT2D eigenvalue weighted by Gasteiger charge is 2.41. The van der Waals surface area contributed by atoms with E-state index in [9.17, 15) is 4.79 Å². The third-order valence-corrected chi connectivity index (χ3v) is 5.09. The number of carbonyl (C=O) groups excluding carboxylic acids is 1. The Balaban J connectivity index is 0.00000162. The molecule has 1 aromatic rings. The highest BCUT2D eigenvalue weighted by atomic mass is 35.5. The van der Waals surface area contributed by atoms with E-state index in [1.165, 1.54) is 11.3 Å². The second-order valence-corrected chi connectivity index (χ2v) is 6.46. The summed E-state index contributed by atoms with van der Waals surface area (Å²) in [4.78, 5) is 14.5. The second-order valence-electron chi connectivity index (χ2n) is 4.80. The Labute approximate surface area is 124 Å². The summed E-state index contributed by atoms with van der Waals surface area (Å²) in [5.41, 5.74) is -0.185. The van der Waals surface area contributed by atoms with Crippen molar-refractivity contribution in [3.63, 3.8) is 0 Å². The summed E-state index contributed by atoms with van der Waals surface area (Å²) in [7, 11) is 0. The van der Waals surface area contributed by atoms with Gasteiger partial charge < -0.3 is 5.32 Å². The lowest BCUT2D eigenvalue weighted by atomic mass is 9.78. The first-order valence-electron chi connectivity index (χ1n) is 6.10. The van der Waals surface area contributed by atoms with E-state index in [-0.39, 0.29) is 23.6 Å². The smallest absolute Gasteiger partial charge is 0.180 e. The van der Waals surface area contributed by atoms with Crippen molar-refractivity contribution in [3.8, 4) is 0 Å². The van der Waals surface area contributed by atoms with Gasteiger partial charge in [0.1, 0.15) is 0 Å². The molecule has 2 nitrogen and oxygen atoms in total. The Hall–Kier alpha value is -0.0900. The fraction of sp³-hybridized carbons (Fsp3) is 0.615. The van der Waals surface area contributed by atoms with Crippen molar-refractivity contribution in [1.29, 1.82) is 0 Å². The fourth-order valence-corrected chi connectivity index (χ4v) is 3.84. The van der Waals surface area contributed by atoms with Crippen LogP contribution in [-0.4, -0.2) is 18.9 Å². The molecule has 2 heterocycles. The van der Waals surface area contributed by atoms with Gasteiger partial charge in [0.25, 0.3) is 0 Å². The first-order valence-corrected chi connectivity index (χ1v) is 7.30. The highest BCUT2D eigenvalue weighted by Crippen LogP contribution is 2.38. The number of hydrogen-bond acceptors (Lipinski definition) is 3. The van der Waals surface area contributed by atoms with Gasteiger partial charge >= 0.3 is 0 Å². The first-order chi connectivity index (χ1) is 8.09. The summed E-state index contributed by atoms with van der Waals surface area (Å²) >= 11 is 7.57. The van der Waals surface area contributed by atoms with Crippen LogP contribution in [0.25, 0.3) is 0 Å². The molecule has 0 bridgehead atoms. The van der Waals surface area contributed by atoms with Crippen molar-refractivity contribution in [2.75, 3.05) is 13.1 Å². The molecule has 5 heteroatoms. The molecule has 0 radical (unpaired) electrons. The number of aryl methyl sites for hydroxylation is 1. The van der Waals surface area contributed by atoms with Crippen molar-refractivity contribution in [2.24, 2.45) is 5.41 Å². The Morgan fingerprint density at radius 3 is 2.78 bits per heavy atom. The fourth-order valence-electron chi connectivity index (χ4n) is 2.58. The predicted octanol–water partition coefficient (Wildman–Crippen LogP) is 4.09. The maximum absolute atomic E-state index is 12.6. The van der Waals surface area contributed by atoms with Gasteiger partial charge in [-0.3, -0.25) is 4.79 Å². The van der Waals surface area contributed by atoms with Gasteiger partial charge in [0.05, 0.1) is 9.90 Å². The predicted molar refractivity (Wildman–Crippen MR) is 80.5 cm³/mol. The molecule has 0 amide bonds. The Morgan fingerprint density at radius 2 is 2.33 bits per heavy atom. The number of hydrogen-bond donors (Lipinski definition) is 1. The molecule has 1 aliphatic rings. The van der Waals surface area contributed by atoms with Crippen LogP contribution in [0, 0.1) is 12.3 Å². The average molecular weight is 308 g/mol. The minimum atomic E-state index is -0.185. The number of rotatable bonds is 4. The summed E-state index contributed by atoms with van der Waals surface area (Å²) in [6, 6.07) is 1.83. The Kier molecular flexibility index (Phi) is 5.66. The minimum absolute atomic E-state index is 0. The summed E-state index contributed by atoms with van der Waals surface area (Å²) < 4.78 is 0. The molecule has 0 spiro atoms. The molecule has 1 aromatic heterocycles. The third kappa shape index (κ3) is 2.90. The van der Waals surface area contributed by atoms with E-state index >= 15 is 0 Å². The molecule has 0 aliphatic carbocycles. The van der Waals surface area contributed by atoms with Gasteiger partial charge in [-0.2, -0.15) is 0 Å². The maximum atomic E-state index is 12.6. The van der Waals surface area contributed by atoms with Crippen LogP contribution in [0.2, 0.25) is 5.02 Å². The topological polar surface area (TPSA) is 29.1 Å². The summed E-state index contributed by atoms with van der Waals surface area (Å²) in [5, 5.41) is 4.04. The molecule has 1 atom stereocenters. The number of ketones is 1.